The molecular weight excluding hydrogens is 304 g/mol. The standard InChI is InChI=1S/C18H18N4O2/c19-11-14-6-7-20-17(10-14)21-8-9-22(13-16(23)12-21)18(24)15-4-2-1-3-5-15/h1-7,10,16,23H,8-9,12-13H2/t16-/m1/s1. The Bertz CT molecular complexity index is 757. The lowest BCUT2D eigenvalue weighted by Gasteiger charge is -2.22. The van der Waals surface area contributed by atoms with Crippen molar-refractivity contribution in [1.82, 2.24) is 9.88 Å². The van der Waals surface area contributed by atoms with Gasteiger partial charge in [-0.25, -0.2) is 4.98 Å². The molecule has 1 atom stereocenters. The van der Waals surface area contributed by atoms with Gasteiger partial charge >= 0.3 is 0 Å². The van der Waals surface area contributed by atoms with Crippen LogP contribution in [-0.4, -0.2) is 53.2 Å². The van der Waals surface area contributed by atoms with Gasteiger partial charge in [-0.1, -0.05) is 18.2 Å². The zero-order valence-corrected chi connectivity index (χ0v) is 13.2. The van der Waals surface area contributed by atoms with Crippen molar-refractivity contribution in [3.05, 3.63) is 59.8 Å². The highest BCUT2D eigenvalue weighted by Gasteiger charge is 2.25. The molecule has 2 heterocycles. The average molecular weight is 322 g/mol. The Morgan fingerprint density at radius 1 is 1.21 bits per heavy atom. The van der Waals surface area contributed by atoms with E-state index in [0.717, 1.165) is 0 Å². The van der Waals surface area contributed by atoms with E-state index in [1.807, 2.05) is 23.1 Å². The lowest BCUT2D eigenvalue weighted by Crippen LogP contribution is -2.37. The second kappa shape index (κ2) is 7.11. The zero-order valence-electron chi connectivity index (χ0n) is 13.2. The first-order chi connectivity index (χ1) is 11.7. The normalized spacial score (nSPS) is 17.9. The monoisotopic (exact) mass is 322 g/mol. The van der Waals surface area contributed by atoms with Gasteiger partial charge in [0.15, 0.2) is 0 Å². The van der Waals surface area contributed by atoms with Crippen LogP contribution in [0.3, 0.4) is 0 Å². The highest BCUT2D eigenvalue weighted by Crippen LogP contribution is 2.16. The Morgan fingerprint density at radius 2 is 2.00 bits per heavy atom. The van der Waals surface area contributed by atoms with E-state index in [0.29, 0.717) is 36.6 Å². The summed E-state index contributed by atoms with van der Waals surface area (Å²) in [5, 5.41) is 19.3. The molecule has 1 aliphatic rings. The van der Waals surface area contributed by atoms with Crippen LogP contribution in [0.25, 0.3) is 0 Å². The number of hydrogen-bond donors (Lipinski definition) is 1. The molecule has 24 heavy (non-hydrogen) atoms. The number of amides is 1. The smallest absolute Gasteiger partial charge is 0.254 e. The summed E-state index contributed by atoms with van der Waals surface area (Å²) in [6.45, 7) is 1.70. The van der Waals surface area contributed by atoms with Gasteiger partial charge in [0.2, 0.25) is 0 Å². The molecule has 1 fully saturated rings. The van der Waals surface area contributed by atoms with E-state index in [1.165, 1.54) is 0 Å². The van der Waals surface area contributed by atoms with Crippen molar-refractivity contribution < 1.29 is 9.90 Å². The highest BCUT2D eigenvalue weighted by molar-refractivity contribution is 5.94. The summed E-state index contributed by atoms with van der Waals surface area (Å²) in [5.41, 5.74) is 1.14. The topological polar surface area (TPSA) is 80.5 Å². The van der Waals surface area contributed by atoms with Crippen LogP contribution < -0.4 is 4.90 Å². The Hall–Kier alpha value is -2.91. The number of hydrogen-bond acceptors (Lipinski definition) is 5. The van der Waals surface area contributed by atoms with Crippen molar-refractivity contribution in [2.75, 3.05) is 31.1 Å². The fourth-order valence-electron chi connectivity index (χ4n) is 2.81. The fourth-order valence-corrected chi connectivity index (χ4v) is 2.81. The van der Waals surface area contributed by atoms with E-state index >= 15 is 0 Å². The van der Waals surface area contributed by atoms with Gasteiger partial charge in [-0.2, -0.15) is 5.26 Å². The molecule has 0 radical (unpaired) electrons. The average Bonchev–Trinajstić information content (AvgIpc) is 2.83. The number of nitriles is 1. The number of rotatable bonds is 2. The molecule has 1 aromatic carbocycles. The van der Waals surface area contributed by atoms with Crippen molar-refractivity contribution in [3.63, 3.8) is 0 Å². The summed E-state index contributed by atoms with van der Waals surface area (Å²) in [6, 6.07) is 14.5. The van der Waals surface area contributed by atoms with Crippen LogP contribution in [0.4, 0.5) is 5.82 Å². The van der Waals surface area contributed by atoms with Crippen molar-refractivity contribution >= 4 is 11.7 Å². The molecule has 1 N–H and O–H groups in total. The van der Waals surface area contributed by atoms with Gasteiger partial charge in [0, 0.05) is 37.9 Å². The number of aromatic nitrogens is 1. The molecule has 0 aliphatic carbocycles. The molecule has 0 spiro atoms. The summed E-state index contributed by atoms with van der Waals surface area (Å²) in [6.07, 6.45) is 0.908. The Balaban J connectivity index is 1.76. The molecule has 3 rings (SSSR count). The zero-order chi connectivity index (χ0) is 16.9. The summed E-state index contributed by atoms with van der Waals surface area (Å²) >= 11 is 0. The number of aliphatic hydroxyl groups excluding tert-OH is 1. The molecule has 0 bridgehead atoms. The van der Waals surface area contributed by atoms with Crippen LogP contribution in [0.2, 0.25) is 0 Å². The number of carbonyl (C=O) groups is 1. The van der Waals surface area contributed by atoms with E-state index in [4.69, 9.17) is 5.26 Å². The number of pyridine rings is 1. The minimum absolute atomic E-state index is 0.0877. The Labute approximate surface area is 140 Å². The van der Waals surface area contributed by atoms with Crippen LogP contribution in [0.5, 0.6) is 0 Å². The third-order valence-electron chi connectivity index (χ3n) is 4.01. The van der Waals surface area contributed by atoms with E-state index in [-0.39, 0.29) is 12.5 Å². The van der Waals surface area contributed by atoms with Gasteiger partial charge < -0.3 is 14.9 Å². The van der Waals surface area contributed by atoms with E-state index in [2.05, 4.69) is 11.1 Å². The van der Waals surface area contributed by atoms with Crippen LogP contribution in [0.15, 0.2) is 48.7 Å². The molecular formula is C18H18N4O2. The third kappa shape index (κ3) is 3.53. The van der Waals surface area contributed by atoms with Crippen molar-refractivity contribution in [1.29, 1.82) is 5.26 Å². The minimum Gasteiger partial charge on any atom is -0.389 e. The van der Waals surface area contributed by atoms with E-state index in [9.17, 15) is 9.90 Å². The maximum Gasteiger partial charge on any atom is 0.254 e. The summed E-state index contributed by atoms with van der Waals surface area (Å²) in [7, 11) is 0. The molecule has 0 saturated carbocycles. The molecule has 6 nitrogen and oxygen atoms in total. The highest BCUT2D eigenvalue weighted by atomic mass is 16.3. The van der Waals surface area contributed by atoms with Crippen molar-refractivity contribution in [2.45, 2.75) is 6.10 Å². The summed E-state index contributed by atoms with van der Waals surface area (Å²) < 4.78 is 0. The number of nitrogens with zero attached hydrogens (tertiary/aromatic N) is 4. The summed E-state index contributed by atoms with van der Waals surface area (Å²) in [4.78, 5) is 20.4. The third-order valence-corrected chi connectivity index (χ3v) is 4.01. The molecule has 1 saturated heterocycles. The van der Waals surface area contributed by atoms with E-state index in [1.54, 1.807) is 35.4 Å². The lowest BCUT2D eigenvalue weighted by molar-refractivity contribution is 0.0674. The molecule has 6 heteroatoms. The van der Waals surface area contributed by atoms with Gasteiger partial charge in [-0.05, 0) is 24.3 Å². The number of benzene rings is 1. The molecule has 1 aromatic heterocycles. The molecule has 1 amide bonds. The Morgan fingerprint density at radius 3 is 2.75 bits per heavy atom. The Kier molecular flexibility index (Phi) is 4.73. The predicted octanol–water partition coefficient (Wildman–Crippen LogP) is 1.28. The first-order valence-corrected chi connectivity index (χ1v) is 7.81. The lowest BCUT2D eigenvalue weighted by atomic mass is 10.2. The van der Waals surface area contributed by atoms with Gasteiger partial charge in [0.1, 0.15) is 5.82 Å². The van der Waals surface area contributed by atoms with Gasteiger partial charge in [0.05, 0.1) is 17.7 Å². The van der Waals surface area contributed by atoms with Crippen LogP contribution in [-0.2, 0) is 0 Å². The first-order valence-electron chi connectivity index (χ1n) is 7.81. The first kappa shape index (κ1) is 16.0. The van der Waals surface area contributed by atoms with Crippen LogP contribution in [0, 0.1) is 11.3 Å². The molecule has 1 aliphatic heterocycles. The van der Waals surface area contributed by atoms with Crippen molar-refractivity contribution in [2.24, 2.45) is 0 Å². The fraction of sp³-hybridized carbons (Fsp3) is 0.278. The van der Waals surface area contributed by atoms with Crippen LogP contribution in [0.1, 0.15) is 15.9 Å². The molecule has 0 unspecified atom stereocenters. The molecule has 122 valence electrons. The SMILES string of the molecule is N#Cc1ccnc(N2CCN(C(=O)c3ccccc3)C[C@H](O)C2)c1. The number of anilines is 1. The minimum atomic E-state index is -0.673. The molecule has 2 aromatic rings. The van der Waals surface area contributed by atoms with Crippen molar-refractivity contribution in [3.8, 4) is 6.07 Å². The van der Waals surface area contributed by atoms with Gasteiger partial charge in [0.25, 0.3) is 5.91 Å². The number of β-amino-alcohol motifs (C(OH)–C–C–N with tert-alkyl or cyclic N) is 1. The summed E-state index contributed by atoms with van der Waals surface area (Å²) in [5.74, 6) is 0.553. The van der Waals surface area contributed by atoms with Gasteiger partial charge in [-0.3, -0.25) is 4.79 Å². The number of carbonyl (C=O) groups excluding carboxylic acids is 1. The number of aliphatic hydroxyl groups is 1. The maximum absolute atomic E-state index is 12.6. The largest absolute Gasteiger partial charge is 0.389 e. The van der Waals surface area contributed by atoms with E-state index < -0.39 is 6.10 Å². The maximum atomic E-state index is 12.6. The second-order valence-electron chi connectivity index (χ2n) is 5.73. The second-order valence-corrected chi connectivity index (χ2v) is 5.73. The predicted molar refractivity (Wildman–Crippen MR) is 89.5 cm³/mol. The van der Waals surface area contributed by atoms with Crippen LogP contribution >= 0.6 is 0 Å². The quantitative estimate of drug-likeness (QED) is 0.901. The van der Waals surface area contributed by atoms with Gasteiger partial charge in [-0.15, -0.1) is 0 Å².